The second-order valence-electron chi connectivity index (χ2n) is 7.03. The molecule has 2 aromatic rings. The molecule has 168 valence electrons. The van der Waals surface area contributed by atoms with E-state index in [4.69, 9.17) is 4.74 Å². The lowest BCUT2D eigenvalue weighted by Gasteiger charge is -2.18. The van der Waals surface area contributed by atoms with Gasteiger partial charge in [-0.25, -0.2) is 4.79 Å². The van der Waals surface area contributed by atoms with Crippen LogP contribution in [0.1, 0.15) is 23.9 Å². The van der Waals surface area contributed by atoms with Gasteiger partial charge in [0.25, 0.3) is 16.8 Å². The first-order valence-electron chi connectivity index (χ1n) is 9.47. The van der Waals surface area contributed by atoms with Crippen molar-refractivity contribution in [1.29, 1.82) is 0 Å². The number of methoxy groups -OCH3 is 2. The summed E-state index contributed by atoms with van der Waals surface area (Å²) in [6.45, 7) is 5.03. The zero-order valence-electron chi connectivity index (χ0n) is 18.1. The van der Waals surface area contributed by atoms with Gasteiger partial charge in [0.1, 0.15) is 11.8 Å². The zero-order valence-corrected chi connectivity index (χ0v) is 18.9. The van der Waals surface area contributed by atoms with Gasteiger partial charge in [-0.1, -0.05) is 0 Å². The fourth-order valence-electron chi connectivity index (χ4n) is 3.50. The van der Waals surface area contributed by atoms with Gasteiger partial charge in [0, 0.05) is 23.5 Å². The number of hydrogen-bond donors (Lipinski definition) is 0. The van der Waals surface area contributed by atoms with E-state index in [1.54, 1.807) is 23.6 Å². The fraction of sp³-hybridized carbons (Fsp3) is 0.286. The standard InChI is InChI=1S/C21H21N3O7S/c1-11-8-14(9-18-19(25)23(21(27)32-18)13(3)20(26)31-5)12(2)22(11)16-10-15(24(28)29)6-7-17(16)30-4/h6-10,13H,1-5H3/b18-9+/t13-/m1/s1. The van der Waals surface area contributed by atoms with Gasteiger partial charge in [0.05, 0.1) is 29.7 Å². The number of aryl methyl sites for hydroxylation is 1. The van der Waals surface area contributed by atoms with Crippen LogP contribution >= 0.6 is 11.8 Å². The van der Waals surface area contributed by atoms with E-state index in [-0.39, 0.29) is 10.6 Å². The van der Waals surface area contributed by atoms with E-state index in [0.29, 0.717) is 22.7 Å². The lowest BCUT2D eigenvalue weighted by Crippen LogP contribution is -2.42. The molecule has 0 spiro atoms. The second-order valence-corrected chi connectivity index (χ2v) is 8.02. The van der Waals surface area contributed by atoms with Crippen LogP contribution in [0.2, 0.25) is 0 Å². The zero-order chi connectivity index (χ0) is 23.7. The molecule has 1 saturated heterocycles. The Morgan fingerprint density at radius 3 is 2.50 bits per heavy atom. The molecule has 1 aliphatic rings. The van der Waals surface area contributed by atoms with Gasteiger partial charge in [-0.05, 0) is 56.3 Å². The van der Waals surface area contributed by atoms with Crippen LogP contribution in [0.15, 0.2) is 29.2 Å². The molecular weight excluding hydrogens is 438 g/mol. The van der Waals surface area contributed by atoms with E-state index < -0.39 is 28.1 Å². The summed E-state index contributed by atoms with van der Waals surface area (Å²) in [6, 6.07) is 5.04. The van der Waals surface area contributed by atoms with Crippen LogP contribution < -0.4 is 4.74 Å². The predicted molar refractivity (Wildman–Crippen MR) is 118 cm³/mol. The Hall–Kier alpha value is -3.60. The van der Waals surface area contributed by atoms with Crippen LogP contribution in [-0.4, -0.2) is 51.8 Å². The molecule has 0 aliphatic carbocycles. The number of amides is 2. The van der Waals surface area contributed by atoms with Crippen LogP contribution in [0.3, 0.4) is 0 Å². The van der Waals surface area contributed by atoms with Gasteiger partial charge in [-0.3, -0.25) is 24.6 Å². The average Bonchev–Trinajstić information content (AvgIpc) is 3.20. The molecule has 10 nitrogen and oxygen atoms in total. The number of nitrogens with zero attached hydrogens (tertiary/aromatic N) is 3. The highest BCUT2D eigenvalue weighted by atomic mass is 32.2. The van der Waals surface area contributed by atoms with Gasteiger partial charge in [-0.2, -0.15) is 0 Å². The summed E-state index contributed by atoms with van der Waals surface area (Å²) in [5.74, 6) is -0.837. The Bertz CT molecular complexity index is 1170. The number of carbonyl (C=O) groups is 3. The van der Waals surface area contributed by atoms with Crippen LogP contribution in [0.5, 0.6) is 5.75 Å². The maximum Gasteiger partial charge on any atom is 0.328 e. The molecule has 2 amide bonds. The second kappa shape index (κ2) is 8.87. The van der Waals surface area contributed by atoms with Crippen molar-refractivity contribution >= 4 is 40.6 Å². The van der Waals surface area contributed by atoms with Crippen molar-refractivity contribution in [2.45, 2.75) is 26.8 Å². The summed E-state index contributed by atoms with van der Waals surface area (Å²) in [5.41, 5.74) is 2.47. The molecular formula is C21H21N3O7S. The number of imide groups is 1. The molecule has 1 aromatic carbocycles. The molecule has 1 aromatic heterocycles. The van der Waals surface area contributed by atoms with Crippen molar-refractivity contribution < 1.29 is 28.8 Å². The fourth-order valence-corrected chi connectivity index (χ4v) is 4.40. The summed E-state index contributed by atoms with van der Waals surface area (Å²) in [4.78, 5) is 48.7. The van der Waals surface area contributed by atoms with Crippen LogP contribution in [0, 0.1) is 24.0 Å². The summed E-state index contributed by atoms with van der Waals surface area (Å²) >= 11 is 0.734. The molecule has 3 rings (SSSR count). The number of benzene rings is 1. The number of thioether (sulfide) groups is 1. The molecule has 0 bridgehead atoms. The van der Waals surface area contributed by atoms with Gasteiger partial charge in [0.15, 0.2) is 0 Å². The van der Waals surface area contributed by atoms with Gasteiger partial charge in [0.2, 0.25) is 0 Å². The third-order valence-corrected chi connectivity index (χ3v) is 6.01. The van der Waals surface area contributed by atoms with Crippen molar-refractivity contribution in [2.75, 3.05) is 14.2 Å². The van der Waals surface area contributed by atoms with Crippen molar-refractivity contribution in [2.24, 2.45) is 0 Å². The van der Waals surface area contributed by atoms with E-state index >= 15 is 0 Å². The topological polar surface area (TPSA) is 121 Å². The molecule has 1 aliphatic heterocycles. The van der Waals surface area contributed by atoms with E-state index in [0.717, 1.165) is 22.4 Å². The number of carbonyl (C=O) groups excluding carboxylic acids is 3. The molecule has 0 unspecified atom stereocenters. The SMILES string of the molecule is COC(=O)[C@@H](C)N1C(=O)S/C(=C/c2cc(C)n(-c3cc([N+](=O)[O-])ccc3OC)c2C)C1=O. The van der Waals surface area contributed by atoms with Crippen molar-refractivity contribution in [3.8, 4) is 11.4 Å². The quantitative estimate of drug-likeness (QED) is 0.278. The number of rotatable bonds is 6. The number of ether oxygens (including phenoxy) is 2. The van der Waals surface area contributed by atoms with Gasteiger partial charge < -0.3 is 14.0 Å². The smallest absolute Gasteiger partial charge is 0.328 e. The van der Waals surface area contributed by atoms with E-state index in [1.807, 2.05) is 6.92 Å². The molecule has 0 radical (unpaired) electrons. The number of esters is 1. The van der Waals surface area contributed by atoms with Crippen LogP contribution in [0.25, 0.3) is 11.8 Å². The lowest BCUT2D eigenvalue weighted by atomic mass is 10.2. The summed E-state index contributed by atoms with van der Waals surface area (Å²) in [5, 5.41) is 10.7. The number of hydrogen-bond acceptors (Lipinski definition) is 8. The first kappa shape index (κ1) is 23.1. The minimum atomic E-state index is -1.04. The Morgan fingerprint density at radius 2 is 1.91 bits per heavy atom. The van der Waals surface area contributed by atoms with E-state index in [1.165, 1.54) is 39.3 Å². The summed E-state index contributed by atoms with van der Waals surface area (Å²) in [6.07, 6.45) is 1.57. The van der Waals surface area contributed by atoms with Crippen LogP contribution in [0.4, 0.5) is 10.5 Å². The lowest BCUT2D eigenvalue weighted by molar-refractivity contribution is -0.384. The highest BCUT2D eigenvalue weighted by Crippen LogP contribution is 2.36. The maximum atomic E-state index is 12.8. The number of nitro benzene ring substituents is 1. The van der Waals surface area contributed by atoms with Crippen molar-refractivity contribution in [3.05, 3.63) is 56.2 Å². The van der Waals surface area contributed by atoms with Gasteiger partial charge in [-0.15, -0.1) is 0 Å². The predicted octanol–water partition coefficient (Wildman–Crippen LogP) is 3.61. The monoisotopic (exact) mass is 459 g/mol. The highest BCUT2D eigenvalue weighted by Gasteiger charge is 2.41. The molecule has 11 heteroatoms. The number of nitro groups is 1. The third-order valence-electron chi connectivity index (χ3n) is 5.12. The van der Waals surface area contributed by atoms with E-state index in [2.05, 4.69) is 4.74 Å². The molecule has 1 fully saturated rings. The maximum absolute atomic E-state index is 12.8. The molecule has 2 heterocycles. The minimum Gasteiger partial charge on any atom is -0.495 e. The Kier molecular flexibility index (Phi) is 6.40. The average molecular weight is 459 g/mol. The molecule has 0 N–H and O–H groups in total. The Labute approximate surface area is 187 Å². The number of non-ortho nitro benzene ring substituents is 1. The van der Waals surface area contributed by atoms with Gasteiger partial charge >= 0.3 is 5.97 Å². The van der Waals surface area contributed by atoms with Crippen molar-refractivity contribution in [1.82, 2.24) is 9.47 Å². The van der Waals surface area contributed by atoms with Crippen LogP contribution in [-0.2, 0) is 14.3 Å². The first-order chi connectivity index (χ1) is 15.1. The Morgan fingerprint density at radius 1 is 1.22 bits per heavy atom. The van der Waals surface area contributed by atoms with E-state index in [9.17, 15) is 24.5 Å². The normalized spacial score (nSPS) is 15.9. The molecule has 0 saturated carbocycles. The largest absolute Gasteiger partial charge is 0.495 e. The summed E-state index contributed by atoms with van der Waals surface area (Å²) in [7, 11) is 2.66. The van der Waals surface area contributed by atoms with Crippen molar-refractivity contribution in [3.63, 3.8) is 0 Å². The first-order valence-corrected chi connectivity index (χ1v) is 10.3. The number of aromatic nitrogens is 1. The molecule has 32 heavy (non-hydrogen) atoms. The Balaban J connectivity index is 2.05. The minimum absolute atomic E-state index is 0.0900. The highest BCUT2D eigenvalue weighted by molar-refractivity contribution is 8.18. The molecule has 1 atom stereocenters. The third kappa shape index (κ3) is 3.98. The summed E-state index contributed by atoms with van der Waals surface area (Å²) < 4.78 is 11.8.